The Labute approximate surface area is 173 Å². The van der Waals surface area contributed by atoms with E-state index in [4.69, 9.17) is 14.5 Å². The summed E-state index contributed by atoms with van der Waals surface area (Å²) in [5.74, 6) is -0.000174. The van der Waals surface area contributed by atoms with E-state index >= 15 is 0 Å². The molecule has 7 nitrogen and oxygen atoms in total. The Kier molecular flexibility index (Phi) is 5.90. The Balaban J connectivity index is 0.000000606. The number of esters is 1. The van der Waals surface area contributed by atoms with Crippen LogP contribution in [-0.4, -0.2) is 27.7 Å². The molecule has 0 amide bonds. The number of nitrogens with zero attached hydrogens (tertiary/aromatic N) is 2. The largest absolute Gasteiger partial charge is 0.497 e. The van der Waals surface area contributed by atoms with Gasteiger partial charge in [-0.2, -0.15) is 0 Å². The van der Waals surface area contributed by atoms with Crippen LogP contribution < -0.4 is 10.3 Å². The zero-order chi connectivity index (χ0) is 22.0. The summed E-state index contributed by atoms with van der Waals surface area (Å²) in [6.45, 7) is 4.27. The zero-order valence-electron chi connectivity index (χ0n) is 17.0. The minimum Gasteiger partial charge on any atom is -0.497 e. The SMILES string of the molecule is C#C.CC.COc1ccc2nc3c(cc2c1)Cn1c-3cc2c(c1=O)COC(=O)C2O. The highest BCUT2D eigenvalue weighted by molar-refractivity contribution is 5.85. The highest BCUT2D eigenvalue weighted by atomic mass is 16.5. The van der Waals surface area contributed by atoms with E-state index in [-0.39, 0.29) is 12.2 Å². The summed E-state index contributed by atoms with van der Waals surface area (Å²) in [7, 11) is 1.61. The minimum atomic E-state index is -1.44. The van der Waals surface area contributed by atoms with Gasteiger partial charge in [-0.05, 0) is 30.3 Å². The first-order chi connectivity index (χ1) is 14.6. The number of methoxy groups -OCH3 is 1. The van der Waals surface area contributed by atoms with Crippen molar-refractivity contribution >= 4 is 16.9 Å². The van der Waals surface area contributed by atoms with E-state index in [1.54, 1.807) is 17.7 Å². The number of cyclic esters (lactones) is 1. The molecule has 1 aromatic carbocycles. The number of ether oxygens (including phenoxy) is 2. The van der Waals surface area contributed by atoms with Crippen LogP contribution in [0.5, 0.6) is 5.75 Å². The lowest BCUT2D eigenvalue weighted by Gasteiger charge is -2.21. The Morgan fingerprint density at radius 2 is 1.93 bits per heavy atom. The smallest absolute Gasteiger partial charge is 0.340 e. The Morgan fingerprint density at radius 1 is 1.20 bits per heavy atom. The van der Waals surface area contributed by atoms with Gasteiger partial charge in [-0.1, -0.05) is 13.8 Å². The Hall–Kier alpha value is -3.63. The first-order valence-corrected chi connectivity index (χ1v) is 9.49. The lowest BCUT2D eigenvalue weighted by atomic mass is 10.0. The number of pyridine rings is 2. The quantitative estimate of drug-likeness (QED) is 0.386. The number of carbonyl (C=O) groups excluding carboxylic acids is 1. The first-order valence-electron chi connectivity index (χ1n) is 9.49. The number of aliphatic hydroxyl groups is 1. The summed E-state index contributed by atoms with van der Waals surface area (Å²) in [6, 6.07) is 9.26. The molecule has 0 radical (unpaired) electrons. The molecule has 7 heteroatoms. The second kappa shape index (κ2) is 8.39. The number of terminal acetylenes is 1. The predicted octanol–water partition coefficient (Wildman–Crippen LogP) is 2.80. The molecule has 0 saturated heterocycles. The van der Waals surface area contributed by atoms with Gasteiger partial charge in [-0.25, -0.2) is 9.78 Å². The molecule has 5 rings (SSSR count). The summed E-state index contributed by atoms with van der Waals surface area (Å²) in [5.41, 5.74) is 3.35. The normalized spacial score (nSPS) is 15.4. The summed E-state index contributed by atoms with van der Waals surface area (Å²) in [5, 5.41) is 11.0. The van der Waals surface area contributed by atoms with Gasteiger partial charge in [-0.15, -0.1) is 12.8 Å². The molecular weight excluding hydrogens is 384 g/mol. The maximum absolute atomic E-state index is 12.8. The van der Waals surface area contributed by atoms with Crippen molar-refractivity contribution in [3.05, 3.63) is 57.4 Å². The highest BCUT2D eigenvalue weighted by Gasteiger charge is 2.33. The fourth-order valence-electron chi connectivity index (χ4n) is 3.64. The number of aliphatic hydroxyl groups excluding tert-OH is 1. The predicted molar refractivity (Wildman–Crippen MR) is 113 cm³/mol. The molecule has 1 N–H and O–H groups in total. The molecule has 30 heavy (non-hydrogen) atoms. The third kappa shape index (κ3) is 3.21. The summed E-state index contributed by atoms with van der Waals surface area (Å²) in [6.07, 6.45) is 6.56. The molecule has 0 fully saturated rings. The van der Waals surface area contributed by atoms with Crippen molar-refractivity contribution < 1.29 is 19.4 Å². The van der Waals surface area contributed by atoms with Crippen molar-refractivity contribution in [1.29, 1.82) is 0 Å². The lowest BCUT2D eigenvalue weighted by molar-refractivity contribution is -0.157. The average Bonchev–Trinajstić information content (AvgIpc) is 3.15. The van der Waals surface area contributed by atoms with Crippen LogP contribution in [0.15, 0.2) is 35.1 Å². The van der Waals surface area contributed by atoms with Crippen molar-refractivity contribution in [2.45, 2.75) is 33.1 Å². The Morgan fingerprint density at radius 3 is 2.63 bits per heavy atom. The van der Waals surface area contributed by atoms with Crippen molar-refractivity contribution in [2.24, 2.45) is 0 Å². The second-order valence-corrected chi connectivity index (χ2v) is 6.42. The van der Waals surface area contributed by atoms with Gasteiger partial charge >= 0.3 is 5.97 Å². The van der Waals surface area contributed by atoms with Crippen LogP contribution in [0.25, 0.3) is 22.3 Å². The van der Waals surface area contributed by atoms with Crippen LogP contribution in [0.2, 0.25) is 0 Å². The van der Waals surface area contributed by atoms with Crippen molar-refractivity contribution in [1.82, 2.24) is 9.55 Å². The molecule has 0 spiro atoms. The number of hydrogen-bond donors (Lipinski definition) is 1. The Bertz CT molecular complexity index is 1210. The van der Waals surface area contributed by atoms with E-state index in [0.717, 1.165) is 22.2 Å². The topological polar surface area (TPSA) is 90.7 Å². The lowest BCUT2D eigenvalue weighted by Crippen LogP contribution is -2.32. The number of benzene rings is 1. The molecule has 4 heterocycles. The number of aromatic nitrogens is 2. The van der Waals surface area contributed by atoms with E-state index in [1.807, 2.05) is 38.1 Å². The fourth-order valence-corrected chi connectivity index (χ4v) is 3.64. The molecule has 2 aromatic heterocycles. The van der Waals surface area contributed by atoms with E-state index in [2.05, 4.69) is 12.8 Å². The van der Waals surface area contributed by atoms with E-state index < -0.39 is 12.1 Å². The van der Waals surface area contributed by atoms with Crippen LogP contribution in [0, 0.1) is 12.8 Å². The number of rotatable bonds is 1. The molecule has 2 aliphatic heterocycles. The van der Waals surface area contributed by atoms with Crippen molar-refractivity contribution in [3.63, 3.8) is 0 Å². The molecule has 154 valence electrons. The number of carbonyl (C=O) groups is 1. The summed E-state index contributed by atoms with van der Waals surface area (Å²) >= 11 is 0. The number of hydrogen-bond acceptors (Lipinski definition) is 6. The van der Waals surface area contributed by atoms with Gasteiger partial charge in [0.25, 0.3) is 5.56 Å². The molecule has 2 aliphatic rings. The first kappa shape index (κ1) is 21.1. The molecule has 0 aliphatic carbocycles. The van der Waals surface area contributed by atoms with Crippen molar-refractivity contribution in [3.8, 4) is 30.0 Å². The third-order valence-corrected chi connectivity index (χ3v) is 4.98. The van der Waals surface area contributed by atoms with Gasteiger partial charge in [0, 0.05) is 16.5 Å². The maximum Gasteiger partial charge on any atom is 0.340 e. The van der Waals surface area contributed by atoms with Crippen LogP contribution in [-0.2, 0) is 22.7 Å². The molecule has 0 saturated carbocycles. The second-order valence-electron chi connectivity index (χ2n) is 6.42. The minimum absolute atomic E-state index is 0.118. The summed E-state index contributed by atoms with van der Waals surface area (Å²) in [4.78, 5) is 29.2. The van der Waals surface area contributed by atoms with Gasteiger partial charge in [0.15, 0.2) is 6.10 Å². The van der Waals surface area contributed by atoms with Gasteiger partial charge in [0.1, 0.15) is 12.4 Å². The average molecular weight is 406 g/mol. The molecular formula is C23H22N2O5. The zero-order valence-corrected chi connectivity index (χ0v) is 17.0. The standard InChI is InChI=1S/C19H14N2O5.C2H6.C2H2/c1-25-11-2-3-14-9(5-11)4-10-7-21-15(16(10)20-14)6-12-13(18(21)23)8-26-19(24)17(12)22;2*1-2/h2-6,17,22H,7-8H2,1H3;1-2H3;1-2H. The monoisotopic (exact) mass is 406 g/mol. The van der Waals surface area contributed by atoms with Crippen LogP contribution in [0.1, 0.15) is 36.6 Å². The molecule has 1 atom stereocenters. The van der Waals surface area contributed by atoms with E-state index in [0.29, 0.717) is 29.1 Å². The summed E-state index contributed by atoms with van der Waals surface area (Å²) < 4.78 is 11.8. The van der Waals surface area contributed by atoms with Gasteiger partial charge < -0.3 is 19.1 Å². The van der Waals surface area contributed by atoms with Crippen LogP contribution in [0.4, 0.5) is 0 Å². The van der Waals surface area contributed by atoms with Crippen LogP contribution >= 0.6 is 0 Å². The maximum atomic E-state index is 12.8. The van der Waals surface area contributed by atoms with Gasteiger partial charge in [-0.3, -0.25) is 4.79 Å². The van der Waals surface area contributed by atoms with Gasteiger partial charge in [0.05, 0.1) is 36.1 Å². The van der Waals surface area contributed by atoms with E-state index in [1.165, 1.54) is 0 Å². The number of fused-ring (bicyclic) bond motifs is 5. The third-order valence-electron chi connectivity index (χ3n) is 4.98. The highest BCUT2D eigenvalue weighted by Crippen LogP contribution is 2.35. The van der Waals surface area contributed by atoms with Gasteiger partial charge in [0.2, 0.25) is 0 Å². The van der Waals surface area contributed by atoms with Crippen LogP contribution in [0.3, 0.4) is 0 Å². The van der Waals surface area contributed by atoms with Crippen molar-refractivity contribution in [2.75, 3.05) is 7.11 Å². The molecule has 1 unspecified atom stereocenters. The van der Waals surface area contributed by atoms with E-state index in [9.17, 15) is 14.7 Å². The molecule has 0 bridgehead atoms. The molecule has 3 aromatic rings. The fraction of sp³-hybridized carbons (Fsp3) is 0.261.